The maximum absolute atomic E-state index is 12.3. The average molecular weight is 309 g/mol. The lowest BCUT2D eigenvalue weighted by molar-refractivity contribution is -0.123. The molecule has 3 rings (SSSR count). The van der Waals surface area contributed by atoms with Crippen LogP contribution in [0.2, 0.25) is 0 Å². The number of carbonyl (C=O) groups is 1. The van der Waals surface area contributed by atoms with Crippen LogP contribution in [0.1, 0.15) is 44.9 Å². The van der Waals surface area contributed by atoms with Gasteiger partial charge in [-0.1, -0.05) is 0 Å². The largest absolute Gasteiger partial charge is 0.383 e. The van der Waals surface area contributed by atoms with Crippen LogP contribution in [-0.4, -0.2) is 62.3 Å². The first-order chi connectivity index (χ1) is 10.7. The van der Waals surface area contributed by atoms with E-state index in [0.717, 1.165) is 45.5 Å². The molecule has 1 amide bonds. The summed E-state index contributed by atoms with van der Waals surface area (Å²) >= 11 is 0. The number of hydrogen-bond donors (Lipinski definition) is 2. The predicted octanol–water partition coefficient (Wildman–Crippen LogP) is 1.13. The van der Waals surface area contributed by atoms with Crippen LogP contribution < -0.4 is 10.6 Å². The van der Waals surface area contributed by atoms with E-state index in [2.05, 4.69) is 15.5 Å². The Bertz CT molecular complexity index is 357. The minimum absolute atomic E-state index is 0.279. The number of likely N-dealkylation sites (tertiary alicyclic amines) is 1. The maximum atomic E-state index is 12.3. The fraction of sp³-hybridized carbons (Fsp3) is 0.941. The maximum Gasteiger partial charge on any atom is 0.220 e. The van der Waals surface area contributed by atoms with Gasteiger partial charge < -0.3 is 20.3 Å². The molecule has 2 N–H and O–H groups in total. The first-order valence-electron chi connectivity index (χ1n) is 8.99. The minimum atomic E-state index is 0.279. The van der Waals surface area contributed by atoms with Crippen LogP contribution in [-0.2, 0) is 9.53 Å². The van der Waals surface area contributed by atoms with Gasteiger partial charge in [0, 0.05) is 51.3 Å². The highest BCUT2D eigenvalue weighted by Crippen LogP contribution is 2.32. The van der Waals surface area contributed by atoms with Crippen LogP contribution in [0, 0.1) is 5.92 Å². The van der Waals surface area contributed by atoms with Gasteiger partial charge >= 0.3 is 0 Å². The van der Waals surface area contributed by atoms with Crippen LogP contribution in [0.25, 0.3) is 0 Å². The highest BCUT2D eigenvalue weighted by Gasteiger charge is 2.34. The van der Waals surface area contributed by atoms with Gasteiger partial charge in [0.2, 0.25) is 5.91 Å². The number of rotatable bonds is 6. The third-order valence-corrected chi connectivity index (χ3v) is 5.61. The summed E-state index contributed by atoms with van der Waals surface area (Å²) in [4.78, 5) is 14.7. The molecule has 0 aromatic carbocycles. The molecule has 126 valence electrons. The quantitative estimate of drug-likeness (QED) is 0.772. The molecule has 0 aromatic rings. The van der Waals surface area contributed by atoms with E-state index in [9.17, 15) is 4.79 Å². The standard InChI is InChI=1S/C17H31N3O2/c1-22-9-8-20-6-4-14(5-7-20)19-17(21)12-13-10-15-2-3-16(11-13)18-15/h13-16,18H,2-12H2,1H3,(H,19,21). The zero-order valence-electron chi connectivity index (χ0n) is 13.9. The van der Waals surface area contributed by atoms with Gasteiger partial charge in [-0.25, -0.2) is 0 Å². The molecule has 3 fully saturated rings. The summed E-state index contributed by atoms with van der Waals surface area (Å²) in [5.74, 6) is 0.877. The lowest BCUT2D eigenvalue weighted by Gasteiger charge is -2.33. The Balaban J connectivity index is 1.34. The number of amides is 1. The zero-order chi connectivity index (χ0) is 15.4. The SMILES string of the molecule is COCCN1CCC(NC(=O)CC2CC3CCC(C2)N3)CC1. The number of methoxy groups -OCH3 is 1. The summed E-state index contributed by atoms with van der Waals surface area (Å²) in [5, 5.41) is 6.92. The number of piperidine rings is 2. The molecule has 2 bridgehead atoms. The zero-order valence-corrected chi connectivity index (χ0v) is 13.9. The molecule has 0 radical (unpaired) electrons. The Kier molecular flexibility index (Phi) is 5.71. The summed E-state index contributed by atoms with van der Waals surface area (Å²) in [7, 11) is 1.75. The highest BCUT2D eigenvalue weighted by molar-refractivity contribution is 5.76. The Morgan fingerprint density at radius 1 is 1.18 bits per heavy atom. The molecule has 5 nitrogen and oxygen atoms in total. The summed E-state index contributed by atoms with van der Waals surface area (Å²) in [6.07, 6.45) is 7.89. The van der Waals surface area contributed by atoms with Gasteiger partial charge in [0.1, 0.15) is 0 Å². The Morgan fingerprint density at radius 3 is 2.50 bits per heavy atom. The summed E-state index contributed by atoms with van der Waals surface area (Å²) in [5.41, 5.74) is 0. The molecule has 3 aliphatic rings. The molecule has 0 aliphatic carbocycles. The second-order valence-electron chi connectivity index (χ2n) is 7.36. The third-order valence-electron chi connectivity index (χ3n) is 5.61. The molecule has 2 atom stereocenters. The second kappa shape index (κ2) is 7.75. The summed E-state index contributed by atoms with van der Waals surface area (Å²) in [6, 6.07) is 1.74. The van der Waals surface area contributed by atoms with Crippen LogP contribution in [0.4, 0.5) is 0 Å². The van der Waals surface area contributed by atoms with E-state index in [1.807, 2.05) is 0 Å². The molecule has 22 heavy (non-hydrogen) atoms. The molecule has 0 aromatic heterocycles. The van der Waals surface area contributed by atoms with Gasteiger partial charge in [0.05, 0.1) is 6.61 Å². The van der Waals surface area contributed by atoms with Crippen molar-refractivity contribution in [1.82, 2.24) is 15.5 Å². The van der Waals surface area contributed by atoms with Crippen molar-refractivity contribution in [1.29, 1.82) is 0 Å². The molecular weight excluding hydrogens is 278 g/mol. The second-order valence-corrected chi connectivity index (χ2v) is 7.36. The number of nitrogens with one attached hydrogen (secondary N) is 2. The molecule has 5 heteroatoms. The molecule has 2 unspecified atom stereocenters. The van der Waals surface area contributed by atoms with E-state index in [1.165, 1.54) is 25.7 Å². The van der Waals surface area contributed by atoms with Crippen LogP contribution in [0.15, 0.2) is 0 Å². The number of carbonyl (C=O) groups excluding carboxylic acids is 1. The van der Waals surface area contributed by atoms with E-state index < -0.39 is 0 Å². The van der Waals surface area contributed by atoms with Crippen LogP contribution in [0.3, 0.4) is 0 Å². The number of hydrogen-bond acceptors (Lipinski definition) is 4. The molecule has 3 aliphatic heterocycles. The van der Waals surface area contributed by atoms with Crippen molar-refractivity contribution < 1.29 is 9.53 Å². The Labute approximate surface area is 134 Å². The van der Waals surface area contributed by atoms with Crippen LogP contribution >= 0.6 is 0 Å². The van der Waals surface area contributed by atoms with Gasteiger partial charge in [0.25, 0.3) is 0 Å². The van der Waals surface area contributed by atoms with Crippen molar-refractivity contribution in [2.24, 2.45) is 5.92 Å². The highest BCUT2D eigenvalue weighted by atomic mass is 16.5. The van der Waals surface area contributed by atoms with Gasteiger partial charge in [0.15, 0.2) is 0 Å². The van der Waals surface area contributed by atoms with E-state index in [0.29, 0.717) is 24.0 Å². The van der Waals surface area contributed by atoms with Crippen molar-refractivity contribution in [3.05, 3.63) is 0 Å². The number of fused-ring (bicyclic) bond motifs is 2. The molecule has 0 spiro atoms. The average Bonchev–Trinajstić information content (AvgIpc) is 2.85. The minimum Gasteiger partial charge on any atom is -0.383 e. The normalized spacial score (nSPS) is 33.0. The van der Waals surface area contributed by atoms with Crippen molar-refractivity contribution >= 4 is 5.91 Å². The van der Waals surface area contributed by atoms with E-state index >= 15 is 0 Å². The smallest absolute Gasteiger partial charge is 0.220 e. The topological polar surface area (TPSA) is 53.6 Å². The summed E-state index contributed by atoms with van der Waals surface area (Å²) in [6.45, 7) is 3.96. The first-order valence-corrected chi connectivity index (χ1v) is 8.99. The van der Waals surface area contributed by atoms with Gasteiger partial charge in [-0.15, -0.1) is 0 Å². The van der Waals surface area contributed by atoms with Gasteiger partial charge in [-0.05, 0) is 44.4 Å². The monoisotopic (exact) mass is 309 g/mol. The van der Waals surface area contributed by atoms with Crippen molar-refractivity contribution in [2.45, 2.75) is 63.1 Å². The third kappa shape index (κ3) is 4.43. The fourth-order valence-electron chi connectivity index (χ4n) is 4.41. The molecule has 0 saturated carbocycles. The van der Waals surface area contributed by atoms with Crippen molar-refractivity contribution in [3.63, 3.8) is 0 Å². The lowest BCUT2D eigenvalue weighted by Crippen LogP contribution is -2.46. The van der Waals surface area contributed by atoms with E-state index in [4.69, 9.17) is 4.74 Å². The first kappa shape index (κ1) is 16.2. The number of nitrogens with zero attached hydrogens (tertiary/aromatic N) is 1. The Morgan fingerprint density at radius 2 is 1.86 bits per heavy atom. The van der Waals surface area contributed by atoms with E-state index in [-0.39, 0.29) is 5.91 Å². The van der Waals surface area contributed by atoms with Gasteiger partial charge in [-0.3, -0.25) is 4.79 Å². The Hall–Kier alpha value is -0.650. The predicted molar refractivity (Wildman–Crippen MR) is 86.8 cm³/mol. The number of ether oxygens (including phenoxy) is 1. The van der Waals surface area contributed by atoms with Gasteiger partial charge in [-0.2, -0.15) is 0 Å². The fourth-order valence-corrected chi connectivity index (χ4v) is 4.41. The van der Waals surface area contributed by atoms with Crippen molar-refractivity contribution in [3.8, 4) is 0 Å². The van der Waals surface area contributed by atoms with Crippen molar-refractivity contribution in [2.75, 3.05) is 33.4 Å². The van der Waals surface area contributed by atoms with Crippen LogP contribution in [0.5, 0.6) is 0 Å². The molecule has 3 saturated heterocycles. The van der Waals surface area contributed by atoms with E-state index in [1.54, 1.807) is 7.11 Å². The lowest BCUT2D eigenvalue weighted by atomic mass is 9.89. The molecule has 3 heterocycles. The molecular formula is C17H31N3O2. The summed E-state index contributed by atoms with van der Waals surface area (Å²) < 4.78 is 5.13.